The van der Waals surface area contributed by atoms with Crippen LogP contribution in [0.1, 0.15) is 6.42 Å². The van der Waals surface area contributed by atoms with Crippen molar-refractivity contribution in [2.24, 2.45) is 0 Å². The zero-order valence-electron chi connectivity index (χ0n) is 10.7. The van der Waals surface area contributed by atoms with Gasteiger partial charge in [-0.3, -0.25) is 5.32 Å². The molecule has 0 atom stereocenters. The first-order chi connectivity index (χ1) is 9.84. The van der Waals surface area contributed by atoms with E-state index >= 15 is 0 Å². The molecule has 2 aromatic rings. The summed E-state index contributed by atoms with van der Waals surface area (Å²) < 4.78 is 0. The average molecular weight is 290 g/mol. The van der Waals surface area contributed by atoms with E-state index < -0.39 is 0 Å². The standard InChI is InChI=1S/C12H14N6OS/c19-11(18-10-13-4-1-5-14-10)15-8-3-9-20-12-16-6-2-7-17-12/h1-2,4-7H,3,8-9H2,(H2,13,14,15,18,19). The number of nitrogens with one attached hydrogen (secondary N) is 2. The molecule has 0 radical (unpaired) electrons. The van der Waals surface area contributed by atoms with Gasteiger partial charge in [0.05, 0.1) is 0 Å². The molecule has 2 heterocycles. The minimum atomic E-state index is -0.308. The van der Waals surface area contributed by atoms with E-state index in [0.717, 1.165) is 17.3 Å². The van der Waals surface area contributed by atoms with Crippen molar-refractivity contribution in [2.75, 3.05) is 17.6 Å². The van der Waals surface area contributed by atoms with Gasteiger partial charge in [-0.05, 0) is 18.6 Å². The predicted molar refractivity (Wildman–Crippen MR) is 76.4 cm³/mol. The maximum Gasteiger partial charge on any atom is 0.321 e. The summed E-state index contributed by atoms with van der Waals surface area (Å²) in [6.45, 7) is 0.568. The highest BCUT2D eigenvalue weighted by Crippen LogP contribution is 2.11. The average Bonchev–Trinajstić information content (AvgIpc) is 2.49. The van der Waals surface area contributed by atoms with Gasteiger partial charge in [0.2, 0.25) is 5.95 Å². The first-order valence-electron chi connectivity index (χ1n) is 6.06. The van der Waals surface area contributed by atoms with Crippen LogP contribution in [0.25, 0.3) is 0 Å². The van der Waals surface area contributed by atoms with E-state index in [1.54, 1.807) is 48.7 Å². The largest absolute Gasteiger partial charge is 0.338 e. The Morgan fingerprint density at radius 1 is 1.05 bits per heavy atom. The fourth-order valence-electron chi connectivity index (χ4n) is 1.31. The van der Waals surface area contributed by atoms with Crippen LogP contribution in [-0.4, -0.2) is 38.3 Å². The van der Waals surface area contributed by atoms with Crippen LogP contribution in [-0.2, 0) is 0 Å². The number of hydrogen-bond acceptors (Lipinski definition) is 6. The molecule has 8 heteroatoms. The minimum absolute atomic E-state index is 0.289. The molecular weight excluding hydrogens is 276 g/mol. The molecule has 0 aliphatic heterocycles. The van der Waals surface area contributed by atoms with Gasteiger partial charge in [-0.1, -0.05) is 11.8 Å². The summed E-state index contributed by atoms with van der Waals surface area (Å²) in [5.74, 6) is 1.13. The van der Waals surface area contributed by atoms with Gasteiger partial charge in [0.25, 0.3) is 0 Å². The van der Waals surface area contributed by atoms with Gasteiger partial charge in [0, 0.05) is 37.1 Å². The topological polar surface area (TPSA) is 92.7 Å². The summed E-state index contributed by atoms with van der Waals surface area (Å²) in [5.41, 5.74) is 0. The van der Waals surface area contributed by atoms with Crippen LogP contribution >= 0.6 is 11.8 Å². The van der Waals surface area contributed by atoms with E-state index in [4.69, 9.17) is 0 Å². The Kier molecular flexibility index (Phi) is 5.71. The lowest BCUT2D eigenvalue weighted by Crippen LogP contribution is -2.30. The molecule has 0 bridgehead atoms. The number of thioether (sulfide) groups is 1. The summed E-state index contributed by atoms with van der Waals surface area (Å²) in [6.07, 6.45) is 7.38. The second-order valence-electron chi connectivity index (χ2n) is 3.69. The van der Waals surface area contributed by atoms with E-state index in [0.29, 0.717) is 6.54 Å². The quantitative estimate of drug-likeness (QED) is 0.476. The number of rotatable bonds is 6. The summed E-state index contributed by atoms with van der Waals surface area (Å²) in [7, 11) is 0. The molecule has 20 heavy (non-hydrogen) atoms. The van der Waals surface area contributed by atoms with Crippen molar-refractivity contribution < 1.29 is 4.79 Å². The maximum atomic E-state index is 11.5. The second-order valence-corrected chi connectivity index (χ2v) is 4.75. The molecule has 0 aliphatic carbocycles. The van der Waals surface area contributed by atoms with Gasteiger partial charge in [-0.2, -0.15) is 0 Å². The van der Waals surface area contributed by atoms with Crippen LogP contribution in [0.2, 0.25) is 0 Å². The predicted octanol–water partition coefficient (Wildman–Crippen LogP) is 1.57. The van der Waals surface area contributed by atoms with Crippen LogP contribution < -0.4 is 10.6 Å². The SMILES string of the molecule is O=C(NCCCSc1ncccn1)Nc1ncccn1. The molecule has 104 valence electrons. The Bertz CT molecular complexity index is 524. The summed E-state index contributed by atoms with van der Waals surface area (Å²) in [5, 5.41) is 6.02. The number of anilines is 1. The van der Waals surface area contributed by atoms with Crippen molar-refractivity contribution in [3.63, 3.8) is 0 Å². The Labute approximate surface area is 120 Å². The van der Waals surface area contributed by atoms with Gasteiger partial charge >= 0.3 is 6.03 Å². The zero-order valence-corrected chi connectivity index (χ0v) is 11.5. The van der Waals surface area contributed by atoms with Crippen molar-refractivity contribution in [2.45, 2.75) is 11.6 Å². The molecule has 2 aromatic heterocycles. The van der Waals surface area contributed by atoms with Gasteiger partial charge in [0.15, 0.2) is 5.16 Å². The van der Waals surface area contributed by atoms with Crippen LogP contribution in [0, 0.1) is 0 Å². The lowest BCUT2D eigenvalue weighted by atomic mass is 10.5. The Hall–Kier alpha value is -2.22. The van der Waals surface area contributed by atoms with E-state index in [2.05, 4.69) is 30.6 Å². The molecule has 7 nitrogen and oxygen atoms in total. The Morgan fingerprint density at radius 2 is 1.70 bits per heavy atom. The number of nitrogens with zero attached hydrogens (tertiary/aromatic N) is 4. The number of urea groups is 1. The van der Waals surface area contributed by atoms with Crippen LogP contribution in [0.15, 0.2) is 42.1 Å². The number of carbonyl (C=O) groups is 1. The second kappa shape index (κ2) is 8.05. The third-order valence-electron chi connectivity index (χ3n) is 2.17. The normalized spacial score (nSPS) is 10.0. The third kappa shape index (κ3) is 5.19. The number of amides is 2. The Balaban J connectivity index is 1.58. The third-order valence-corrected chi connectivity index (χ3v) is 3.13. The number of hydrogen-bond donors (Lipinski definition) is 2. The maximum absolute atomic E-state index is 11.5. The van der Waals surface area contributed by atoms with Gasteiger partial charge in [-0.25, -0.2) is 24.7 Å². The number of carbonyl (C=O) groups excluding carboxylic acids is 1. The first kappa shape index (κ1) is 14.2. The van der Waals surface area contributed by atoms with Crippen LogP contribution in [0.5, 0.6) is 0 Å². The smallest absolute Gasteiger partial charge is 0.321 e. The van der Waals surface area contributed by atoms with Gasteiger partial charge in [0.1, 0.15) is 0 Å². The van der Waals surface area contributed by atoms with Gasteiger partial charge in [-0.15, -0.1) is 0 Å². The van der Waals surface area contributed by atoms with E-state index in [9.17, 15) is 4.79 Å². The van der Waals surface area contributed by atoms with Crippen molar-refractivity contribution >= 4 is 23.7 Å². The van der Waals surface area contributed by atoms with Crippen molar-refractivity contribution in [1.82, 2.24) is 25.3 Å². The molecule has 0 spiro atoms. The highest BCUT2D eigenvalue weighted by molar-refractivity contribution is 7.99. The van der Waals surface area contributed by atoms with Crippen molar-refractivity contribution in [3.05, 3.63) is 36.9 Å². The lowest BCUT2D eigenvalue weighted by molar-refractivity contribution is 0.252. The summed E-state index contributed by atoms with van der Waals surface area (Å²) in [6, 6.07) is 3.16. The van der Waals surface area contributed by atoms with Crippen molar-refractivity contribution in [3.8, 4) is 0 Å². The molecular formula is C12H14N6OS. The highest BCUT2D eigenvalue weighted by atomic mass is 32.2. The molecule has 0 saturated carbocycles. The fourth-order valence-corrected chi connectivity index (χ4v) is 2.05. The van der Waals surface area contributed by atoms with Crippen molar-refractivity contribution in [1.29, 1.82) is 0 Å². The first-order valence-corrected chi connectivity index (χ1v) is 7.05. The highest BCUT2D eigenvalue weighted by Gasteiger charge is 2.02. The molecule has 2 amide bonds. The van der Waals surface area contributed by atoms with E-state index in [1.807, 2.05) is 0 Å². The van der Waals surface area contributed by atoms with Gasteiger partial charge < -0.3 is 5.32 Å². The van der Waals surface area contributed by atoms with E-state index in [-0.39, 0.29) is 12.0 Å². The van der Waals surface area contributed by atoms with Crippen LogP contribution in [0.4, 0.5) is 10.7 Å². The molecule has 0 aliphatic rings. The minimum Gasteiger partial charge on any atom is -0.338 e. The molecule has 2 N–H and O–H groups in total. The molecule has 2 rings (SSSR count). The summed E-state index contributed by atoms with van der Waals surface area (Å²) >= 11 is 1.56. The number of aromatic nitrogens is 4. The zero-order chi connectivity index (χ0) is 14.0. The Morgan fingerprint density at radius 3 is 2.40 bits per heavy atom. The molecule has 0 fully saturated rings. The fraction of sp³-hybridized carbons (Fsp3) is 0.250. The van der Waals surface area contributed by atoms with E-state index in [1.165, 1.54) is 0 Å². The lowest BCUT2D eigenvalue weighted by Gasteiger charge is -2.05. The molecule has 0 aromatic carbocycles. The monoisotopic (exact) mass is 290 g/mol. The summed E-state index contributed by atoms with van der Waals surface area (Å²) in [4.78, 5) is 27.5. The molecule has 0 saturated heterocycles. The van der Waals surface area contributed by atoms with Crippen LogP contribution in [0.3, 0.4) is 0 Å². The molecule has 0 unspecified atom stereocenters.